The first-order valence-corrected chi connectivity index (χ1v) is 11.1. The Bertz CT molecular complexity index is 852. The van der Waals surface area contributed by atoms with Crippen molar-refractivity contribution in [3.05, 3.63) is 36.3 Å². The smallest absolute Gasteiger partial charge is 0.213 e. The highest BCUT2D eigenvalue weighted by Crippen LogP contribution is 2.29. The number of anilines is 1. The first-order chi connectivity index (χ1) is 14.7. The minimum atomic E-state index is 0. The number of aryl methyl sites for hydroxylation is 1. The number of pyridine rings is 1. The molecule has 170 valence electrons. The van der Waals surface area contributed by atoms with Gasteiger partial charge < -0.3 is 20.3 Å². The highest BCUT2D eigenvalue weighted by atomic mass is 127. The van der Waals surface area contributed by atoms with Gasteiger partial charge in [-0.05, 0) is 50.2 Å². The summed E-state index contributed by atoms with van der Waals surface area (Å²) in [7, 11) is 1.96. The van der Waals surface area contributed by atoms with Gasteiger partial charge in [-0.2, -0.15) is 5.10 Å². The van der Waals surface area contributed by atoms with Crippen molar-refractivity contribution in [3.8, 4) is 5.88 Å². The molecule has 2 aromatic heterocycles. The van der Waals surface area contributed by atoms with Crippen LogP contribution in [0.3, 0.4) is 0 Å². The van der Waals surface area contributed by atoms with Gasteiger partial charge in [0, 0.05) is 51.2 Å². The number of aromatic nitrogens is 3. The zero-order chi connectivity index (χ0) is 20.8. The first kappa shape index (κ1) is 23.6. The molecule has 1 atom stereocenters. The van der Waals surface area contributed by atoms with Gasteiger partial charge in [-0.15, -0.1) is 24.0 Å². The van der Waals surface area contributed by atoms with Crippen molar-refractivity contribution in [2.75, 3.05) is 31.1 Å². The van der Waals surface area contributed by atoms with Gasteiger partial charge in [0.1, 0.15) is 0 Å². The van der Waals surface area contributed by atoms with Crippen molar-refractivity contribution in [2.24, 2.45) is 18.0 Å². The van der Waals surface area contributed by atoms with Gasteiger partial charge in [-0.25, -0.2) is 9.98 Å². The second kappa shape index (κ2) is 11.5. The van der Waals surface area contributed by atoms with Crippen molar-refractivity contribution in [3.63, 3.8) is 0 Å². The Morgan fingerprint density at radius 3 is 2.94 bits per heavy atom. The molecule has 2 aromatic rings. The van der Waals surface area contributed by atoms with Crippen molar-refractivity contribution in [1.29, 1.82) is 0 Å². The highest BCUT2D eigenvalue weighted by Gasteiger charge is 2.23. The van der Waals surface area contributed by atoms with Crippen LogP contribution >= 0.6 is 24.0 Å². The van der Waals surface area contributed by atoms with Crippen LogP contribution in [0.2, 0.25) is 0 Å². The van der Waals surface area contributed by atoms with E-state index in [0.717, 1.165) is 56.5 Å². The molecule has 8 nitrogen and oxygen atoms in total. The molecule has 1 unspecified atom stereocenters. The average Bonchev–Trinajstić information content (AvgIpc) is 3.49. The van der Waals surface area contributed by atoms with E-state index in [0.29, 0.717) is 18.5 Å². The van der Waals surface area contributed by atoms with E-state index in [1.165, 1.54) is 18.5 Å². The molecule has 1 aliphatic heterocycles. The number of hydrogen-bond acceptors (Lipinski definition) is 5. The third-order valence-corrected chi connectivity index (χ3v) is 5.55. The maximum atomic E-state index is 5.80. The molecule has 1 saturated heterocycles. The van der Waals surface area contributed by atoms with E-state index in [4.69, 9.17) is 9.73 Å². The minimum Gasteiger partial charge on any atom is -0.477 e. The molecular formula is C22H34IN7O. The normalized spacial score (nSPS) is 19.0. The third-order valence-electron chi connectivity index (χ3n) is 5.55. The molecule has 2 N–H and O–H groups in total. The van der Waals surface area contributed by atoms with Crippen molar-refractivity contribution < 1.29 is 4.74 Å². The Morgan fingerprint density at radius 2 is 2.19 bits per heavy atom. The average molecular weight is 539 g/mol. The maximum Gasteiger partial charge on any atom is 0.213 e. The number of halogens is 1. The lowest BCUT2D eigenvalue weighted by Crippen LogP contribution is -2.51. The van der Waals surface area contributed by atoms with Crippen molar-refractivity contribution in [2.45, 2.75) is 45.2 Å². The van der Waals surface area contributed by atoms with Gasteiger partial charge in [0.15, 0.2) is 5.96 Å². The number of nitrogens with one attached hydrogen (secondary N) is 2. The van der Waals surface area contributed by atoms with Crippen LogP contribution in [-0.4, -0.2) is 53.0 Å². The fourth-order valence-electron chi connectivity index (χ4n) is 3.70. The zero-order valence-electron chi connectivity index (χ0n) is 18.5. The zero-order valence-corrected chi connectivity index (χ0v) is 20.8. The number of guanidine groups is 1. The quantitative estimate of drug-likeness (QED) is 0.305. The fraction of sp³-hybridized carbons (Fsp3) is 0.591. The number of hydrogen-bond donors (Lipinski definition) is 2. The monoisotopic (exact) mass is 539 g/mol. The highest BCUT2D eigenvalue weighted by molar-refractivity contribution is 14.0. The summed E-state index contributed by atoms with van der Waals surface area (Å²) in [4.78, 5) is 11.5. The van der Waals surface area contributed by atoms with Gasteiger partial charge in [0.05, 0.1) is 25.0 Å². The Kier molecular flexibility index (Phi) is 8.79. The van der Waals surface area contributed by atoms with Crippen molar-refractivity contribution in [1.82, 2.24) is 25.4 Å². The van der Waals surface area contributed by atoms with Gasteiger partial charge in [-0.1, -0.05) is 0 Å². The molecule has 0 amide bonds. The number of aliphatic imine (C=N–C) groups is 1. The molecule has 4 rings (SSSR count). The van der Waals surface area contributed by atoms with E-state index in [1.54, 1.807) is 6.20 Å². The lowest BCUT2D eigenvalue weighted by Gasteiger charge is -2.34. The number of piperidine rings is 1. The minimum absolute atomic E-state index is 0. The SMILES string of the molecule is CCNC(=NCc1ccnc(OCC2CC2)c1)NC1CCCN(c2cnn(C)c2)C1.I. The van der Waals surface area contributed by atoms with Gasteiger partial charge >= 0.3 is 0 Å². The van der Waals surface area contributed by atoms with Crippen molar-refractivity contribution >= 4 is 35.6 Å². The summed E-state index contributed by atoms with van der Waals surface area (Å²) in [5.41, 5.74) is 2.29. The summed E-state index contributed by atoms with van der Waals surface area (Å²) in [5, 5.41) is 11.3. The Morgan fingerprint density at radius 1 is 1.32 bits per heavy atom. The van der Waals surface area contributed by atoms with E-state index in [9.17, 15) is 0 Å². The lowest BCUT2D eigenvalue weighted by molar-refractivity contribution is 0.288. The topological polar surface area (TPSA) is 79.6 Å². The summed E-state index contributed by atoms with van der Waals surface area (Å²) in [6.45, 7) is 6.31. The molecule has 2 aliphatic rings. The van der Waals surface area contributed by atoms with E-state index < -0.39 is 0 Å². The van der Waals surface area contributed by atoms with E-state index in [2.05, 4.69) is 38.7 Å². The molecule has 2 fully saturated rings. The van der Waals surface area contributed by atoms with Crippen LogP contribution in [0.25, 0.3) is 0 Å². The van der Waals surface area contributed by atoms with Gasteiger partial charge in [0.25, 0.3) is 0 Å². The number of ether oxygens (including phenoxy) is 1. The molecule has 1 saturated carbocycles. The largest absolute Gasteiger partial charge is 0.477 e. The molecule has 0 bridgehead atoms. The van der Waals surface area contributed by atoms with Crippen LogP contribution in [-0.2, 0) is 13.6 Å². The second-order valence-electron chi connectivity index (χ2n) is 8.25. The van der Waals surface area contributed by atoms with Crippen LogP contribution in [0.5, 0.6) is 5.88 Å². The number of rotatable bonds is 8. The van der Waals surface area contributed by atoms with E-state index in [1.807, 2.05) is 30.1 Å². The van der Waals surface area contributed by atoms with Crippen LogP contribution < -0.4 is 20.3 Å². The van der Waals surface area contributed by atoms with E-state index in [-0.39, 0.29) is 24.0 Å². The molecule has 9 heteroatoms. The summed E-state index contributed by atoms with van der Waals surface area (Å²) in [6, 6.07) is 4.36. The number of nitrogens with zero attached hydrogens (tertiary/aromatic N) is 5. The molecule has 1 aliphatic carbocycles. The fourth-order valence-corrected chi connectivity index (χ4v) is 3.70. The summed E-state index contributed by atoms with van der Waals surface area (Å²) in [6.07, 6.45) is 10.7. The Hall–Kier alpha value is -2.04. The van der Waals surface area contributed by atoms with Crippen LogP contribution in [0.1, 0.15) is 38.2 Å². The Labute approximate surface area is 201 Å². The van der Waals surface area contributed by atoms with Crippen LogP contribution in [0, 0.1) is 5.92 Å². The standard InChI is InChI=1S/C22H33N7O.HI/c1-3-23-22(25-12-18-8-9-24-21(11-18)30-16-17-6-7-17)27-19-5-4-10-29(14-19)20-13-26-28(2)15-20;/h8-9,11,13,15,17,19H,3-7,10,12,14,16H2,1-2H3,(H2,23,25,27);1H. The lowest BCUT2D eigenvalue weighted by atomic mass is 10.1. The molecule has 0 spiro atoms. The van der Waals surface area contributed by atoms with Crippen LogP contribution in [0.15, 0.2) is 35.7 Å². The van der Waals surface area contributed by atoms with Gasteiger partial charge in [-0.3, -0.25) is 4.68 Å². The summed E-state index contributed by atoms with van der Waals surface area (Å²) in [5.74, 6) is 2.28. The second-order valence-corrected chi connectivity index (χ2v) is 8.25. The first-order valence-electron chi connectivity index (χ1n) is 11.1. The van der Waals surface area contributed by atoms with Crippen LogP contribution in [0.4, 0.5) is 5.69 Å². The molecule has 3 heterocycles. The summed E-state index contributed by atoms with van der Waals surface area (Å²) < 4.78 is 7.66. The molecule has 0 aromatic carbocycles. The van der Waals surface area contributed by atoms with Gasteiger partial charge in [0.2, 0.25) is 5.88 Å². The Balaban J connectivity index is 0.00000272. The predicted molar refractivity (Wildman–Crippen MR) is 134 cm³/mol. The molecular weight excluding hydrogens is 505 g/mol. The predicted octanol–water partition coefficient (Wildman–Crippen LogP) is 2.95. The molecule has 31 heavy (non-hydrogen) atoms. The molecule has 0 radical (unpaired) electrons. The summed E-state index contributed by atoms with van der Waals surface area (Å²) >= 11 is 0. The third kappa shape index (κ3) is 7.26. The maximum absolute atomic E-state index is 5.80. The van der Waals surface area contributed by atoms with E-state index >= 15 is 0 Å².